The molecule has 0 atom stereocenters. The SMILES string of the molecule is O=C(O)NC1CCN(CCCl)CC1. The third kappa shape index (κ3) is 3.83. The molecule has 0 radical (unpaired) electrons. The maximum atomic E-state index is 10.3. The van der Waals surface area contributed by atoms with Gasteiger partial charge < -0.3 is 15.3 Å². The fraction of sp³-hybridized carbons (Fsp3) is 0.875. The molecular weight excluding hydrogens is 192 g/mol. The third-order valence-electron chi connectivity index (χ3n) is 2.32. The average Bonchev–Trinajstić information content (AvgIpc) is 2.08. The molecule has 2 N–H and O–H groups in total. The first-order valence-corrected chi connectivity index (χ1v) is 5.03. The highest BCUT2D eigenvalue weighted by molar-refractivity contribution is 6.18. The second kappa shape index (κ2) is 5.29. The zero-order chi connectivity index (χ0) is 9.68. The van der Waals surface area contributed by atoms with Gasteiger partial charge in [0.2, 0.25) is 0 Å². The van der Waals surface area contributed by atoms with Crippen molar-refractivity contribution in [3.8, 4) is 0 Å². The van der Waals surface area contributed by atoms with Gasteiger partial charge in [-0.25, -0.2) is 4.79 Å². The summed E-state index contributed by atoms with van der Waals surface area (Å²) in [5.41, 5.74) is 0. The zero-order valence-electron chi connectivity index (χ0n) is 7.50. The molecular formula is C8H15ClN2O2. The van der Waals surface area contributed by atoms with Crippen LogP contribution in [-0.2, 0) is 0 Å². The number of halogens is 1. The number of hydrogen-bond donors (Lipinski definition) is 2. The topological polar surface area (TPSA) is 52.6 Å². The van der Waals surface area contributed by atoms with Gasteiger partial charge >= 0.3 is 6.09 Å². The molecule has 1 rings (SSSR count). The van der Waals surface area contributed by atoms with Crippen molar-refractivity contribution in [2.45, 2.75) is 18.9 Å². The number of alkyl halides is 1. The van der Waals surface area contributed by atoms with E-state index in [0.29, 0.717) is 5.88 Å². The van der Waals surface area contributed by atoms with E-state index in [0.717, 1.165) is 32.5 Å². The number of likely N-dealkylation sites (tertiary alicyclic amines) is 1. The number of carboxylic acid groups (broad SMARTS) is 1. The second-order valence-corrected chi connectivity index (χ2v) is 3.63. The van der Waals surface area contributed by atoms with Crippen molar-refractivity contribution < 1.29 is 9.90 Å². The molecule has 13 heavy (non-hydrogen) atoms. The summed E-state index contributed by atoms with van der Waals surface area (Å²) in [6.07, 6.45) is 0.864. The Morgan fingerprint density at radius 3 is 2.62 bits per heavy atom. The molecule has 76 valence electrons. The summed E-state index contributed by atoms with van der Waals surface area (Å²) >= 11 is 5.60. The van der Waals surface area contributed by atoms with Crippen molar-refractivity contribution in [2.24, 2.45) is 0 Å². The Balaban J connectivity index is 2.18. The van der Waals surface area contributed by atoms with Crippen LogP contribution in [-0.4, -0.2) is 47.7 Å². The predicted molar refractivity (Wildman–Crippen MR) is 51.3 cm³/mol. The minimum atomic E-state index is -0.921. The minimum absolute atomic E-state index is 0.129. The van der Waals surface area contributed by atoms with Gasteiger partial charge in [0.1, 0.15) is 0 Å². The van der Waals surface area contributed by atoms with E-state index >= 15 is 0 Å². The van der Waals surface area contributed by atoms with Crippen LogP contribution in [0, 0.1) is 0 Å². The highest BCUT2D eigenvalue weighted by atomic mass is 35.5. The second-order valence-electron chi connectivity index (χ2n) is 3.25. The molecule has 0 aromatic heterocycles. The number of amides is 1. The first kappa shape index (κ1) is 10.6. The number of hydrogen-bond acceptors (Lipinski definition) is 2. The van der Waals surface area contributed by atoms with Crippen LogP contribution >= 0.6 is 11.6 Å². The van der Waals surface area contributed by atoms with Gasteiger partial charge in [-0.15, -0.1) is 11.6 Å². The number of nitrogens with one attached hydrogen (secondary N) is 1. The Labute approximate surface area is 82.9 Å². The van der Waals surface area contributed by atoms with E-state index in [4.69, 9.17) is 16.7 Å². The van der Waals surface area contributed by atoms with Crippen LogP contribution in [0.1, 0.15) is 12.8 Å². The number of carbonyl (C=O) groups is 1. The summed E-state index contributed by atoms with van der Waals surface area (Å²) in [7, 11) is 0. The summed E-state index contributed by atoms with van der Waals surface area (Å²) in [4.78, 5) is 12.6. The van der Waals surface area contributed by atoms with E-state index < -0.39 is 6.09 Å². The summed E-state index contributed by atoms with van der Waals surface area (Å²) in [6.45, 7) is 2.79. The van der Waals surface area contributed by atoms with Gasteiger partial charge in [0.15, 0.2) is 0 Å². The maximum Gasteiger partial charge on any atom is 0.404 e. The van der Waals surface area contributed by atoms with Crippen molar-refractivity contribution in [2.75, 3.05) is 25.5 Å². The minimum Gasteiger partial charge on any atom is -0.465 e. The van der Waals surface area contributed by atoms with Gasteiger partial charge in [-0.3, -0.25) is 0 Å². The number of nitrogens with zero attached hydrogens (tertiary/aromatic N) is 1. The number of rotatable bonds is 3. The normalized spacial score (nSPS) is 20.1. The Kier molecular flexibility index (Phi) is 4.32. The van der Waals surface area contributed by atoms with E-state index in [1.807, 2.05) is 0 Å². The Morgan fingerprint density at radius 1 is 1.54 bits per heavy atom. The Bertz CT molecular complexity index is 170. The van der Waals surface area contributed by atoms with Gasteiger partial charge in [-0.05, 0) is 12.8 Å². The van der Waals surface area contributed by atoms with Gasteiger partial charge in [0, 0.05) is 31.6 Å². The molecule has 5 heteroatoms. The molecule has 1 heterocycles. The molecule has 1 aliphatic rings. The van der Waals surface area contributed by atoms with Gasteiger partial charge in [-0.1, -0.05) is 0 Å². The molecule has 0 bridgehead atoms. The van der Waals surface area contributed by atoms with Crippen molar-refractivity contribution in [1.82, 2.24) is 10.2 Å². The zero-order valence-corrected chi connectivity index (χ0v) is 8.26. The molecule has 0 aliphatic carbocycles. The highest BCUT2D eigenvalue weighted by Crippen LogP contribution is 2.09. The first-order valence-electron chi connectivity index (χ1n) is 4.50. The average molecular weight is 207 g/mol. The lowest BCUT2D eigenvalue weighted by Crippen LogP contribution is -2.44. The molecule has 0 saturated carbocycles. The van der Waals surface area contributed by atoms with Crippen molar-refractivity contribution >= 4 is 17.7 Å². The van der Waals surface area contributed by atoms with Gasteiger partial charge in [0.25, 0.3) is 0 Å². The summed E-state index contributed by atoms with van der Waals surface area (Å²) in [6, 6.07) is 0.129. The Hall–Kier alpha value is -0.480. The van der Waals surface area contributed by atoms with Gasteiger partial charge in [0.05, 0.1) is 0 Å². The highest BCUT2D eigenvalue weighted by Gasteiger charge is 2.19. The van der Waals surface area contributed by atoms with Crippen molar-refractivity contribution in [3.05, 3.63) is 0 Å². The van der Waals surface area contributed by atoms with Crippen molar-refractivity contribution in [1.29, 1.82) is 0 Å². The Morgan fingerprint density at radius 2 is 2.15 bits per heavy atom. The molecule has 1 aliphatic heterocycles. The van der Waals surface area contributed by atoms with Crippen molar-refractivity contribution in [3.63, 3.8) is 0 Å². The lowest BCUT2D eigenvalue weighted by Gasteiger charge is -2.31. The molecule has 1 fully saturated rings. The molecule has 0 unspecified atom stereocenters. The number of piperidine rings is 1. The summed E-state index contributed by atoms with van der Waals surface area (Å²) < 4.78 is 0. The van der Waals surface area contributed by atoms with Gasteiger partial charge in [-0.2, -0.15) is 0 Å². The quantitative estimate of drug-likeness (QED) is 0.677. The van der Waals surface area contributed by atoms with Crippen LogP contribution in [0.5, 0.6) is 0 Å². The molecule has 4 nitrogen and oxygen atoms in total. The van der Waals surface area contributed by atoms with Crippen LogP contribution in [0.4, 0.5) is 4.79 Å². The standard InChI is InChI=1S/C8H15ClN2O2/c9-3-6-11-4-1-7(2-5-11)10-8(12)13/h7,10H,1-6H2,(H,12,13). The van der Waals surface area contributed by atoms with Crippen LogP contribution in [0.2, 0.25) is 0 Å². The predicted octanol–water partition coefficient (Wildman–Crippen LogP) is 0.957. The maximum absolute atomic E-state index is 10.3. The largest absolute Gasteiger partial charge is 0.465 e. The molecule has 0 spiro atoms. The monoisotopic (exact) mass is 206 g/mol. The van der Waals surface area contributed by atoms with E-state index in [1.165, 1.54) is 0 Å². The molecule has 1 amide bonds. The van der Waals surface area contributed by atoms with E-state index in [2.05, 4.69) is 10.2 Å². The van der Waals surface area contributed by atoms with E-state index in [-0.39, 0.29) is 6.04 Å². The lowest BCUT2D eigenvalue weighted by atomic mass is 10.1. The molecule has 0 aromatic carbocycles. The molecule has 1 saturated heterocycles. The lowest BCUT2D eigenvalue weighted by molar-refractivity contribution is 0.171. The first-order chi connectivity index (χ1) is 6.22. The van der Waals surface area contributed by atoms with E-state index in [9.17, 15) is 4.79 Å². The van der Waals surface area contributed by atoms with Crippen LogP contribution in [0.15, 0.2) is 0 Å². The van der Waals surface area contributed by atoms with Crippen LogP contribution in [0.25, 0.3) is 0 Å². The molecule has 0 aromatic rings. The van der Waals surface area contributed by atoms with E-state index in [1.54, 1.807) is 0 Å². The van der Waals surface area contributed by atoms with Crippen LogP contribution < -0.4 is 5.32 Å². The fourth-order valence-corrected chi connectivity index (χ4v) is 1.83. The van der Waals surface area contributed by atoms with Crippen LogP contribution in [0.3, 0.4) is 0 Å². The summed E-state index contributed by atoms with van der Waals surface area (Å²) in [5, 5.41) is 11.0. The smallest absolute Gasteiger partial charge is 0.404 e. The summed E-state index contributed by atoms with van der Waals surface area (Å²) in [5.74, 6) is 0.650. The third-order valence-corrected chi connectivity index (χ3v) is 2.48. The fourth-order valence-electron chi connectivity index (χ4n) is 1.60.